The molecule has 13 nitrogen and oxygen atoms in total. The van der Waals surface area contributed by atoms with Crippen LogP contribution in [0.2, 0.25) is 0 Å². The molecule has 0 saturated carbocycles. The number of likely N-dealkylation sites (N-methyl/N-ethyl adjacent to an activating group) is 1. The SMILES string of the molecule is C[N+](C)(C)CC(O)P(=O)(O)O.Nc1ccn([C@@H]2O[C@H](CO)[C@@H](O)[C@H]2O)c(=O)n1. The van der Waals surface area contributed by atoms with E-state index in [1.807, 2.05) is 0 Å². The molecule has 2 rings (SSSR count). The molecule has 0 spiro atoms. The maximum atomic E-state index is 11.5. The number of aliphatic hydroxyl groups is 4. The number of hydrogen-bond acceptors (Lipinski definition) is 9. The summed E-state index contributed by atoms with van der Waals surface area (Å²) in [6.45, 7) is -0.407. The van der Waals surface area contributed by atoms with Crippen molar-refractivity contribution in [3.8, 4) is 0 Å². The summed E-state index contributed by atoms with van der Waals surface area (Å²) in [7, 11) is 0.933. The molecule has 8 N–H and O–H groups in total. The molecule has 14 heteroatoms. The van der Waals surface area contributed by atoms with Crippen molar-refractivity contribution in [2.45, 2.75) is 30.4 Å². The molecule has 28 heavy (non-hydrogen) atoms. The first-order valence-electron chi connectivity index (χ1n) is 8.18. The number of ether oxygens (including phenoxy) is 1. The summed E-state index contributed by atoms with van der Waals surface area (Å²) < 4.78 is 17.0. The van der Waals surface area contributed by atoms with E-state index in [1.54, 1.807) is 21.1 Å². The summed E-state index contributed by atoms with van der Waals surface area (Å²) in [6.07, 6.45) is -3.27. The number of nitrogens with two attached hydrogens (primary N) is 1. The van der Waals surface area contributed by atoms with Crippen molar-refractivity contribution in [3.63, 3.8) is 0 Å². The summed E-state index contributed by atoms with van der Waals surface area (Å²) in [5.41, 5.74) is 4.63. The Kier molecular flexibility index (Phi) is 8.26. The van der Waals surface area contributed by atoms with Gasteiger partial charge in [0.1, 0.15) is 30.7 Å². The molecular formula is C14H28N4O9P+. The number of aromatic nitrogens is 2. The topological polar surface area (TPSA) is 209 Å². The molecule has 1 aliphatic heterocycles. The first kappa shape index (κ1) is 24.6. The van der Waals surface area contributed by atoms with E-state index in [2.05, 4.69) is 4.98 Å². The minimum absolute atomic E-state index is 0.0459. The summed E-state index contributed by atoms with van der Waals surface area (Å²) in [6, 6.07) is 1.37. The highest BCUT2D eigenvalue weighted by Gasteiger charge is 2.43. The lowest BCUT2D eigenvalue weighted by molar-refractivity contribution is -0.872. The van der Waals surface area contributed by atoms with Gasteiger partial charge in [0.05, 0.1) is 27.7 Å². The zero-order chi connectivity index (χ0) is 21.9. The fourth-order valence-corrected chi connectivity index (χ4v) is 3.03. The van der Waals surface area contributed by atoms with Gasteiger partial charge in [-0.1, -0.05) is 0 Å². The van der Waals surface area contributed by atoms with Crippen LogP contribution >= 0.6 is 7.60 Å². The maximum Gasteiger partial charge on any atom is 0.359 e. The minimum atomic E-state index is -4.31. The molecule has 0 aromatic carbocycles. The van der Waals surface area contributed by atoms with Crippen molar-refractivity contribution in [2.75, 3.05) is 40.0 Å². The largest absolute Gasteiger partial charge is 0.394 e. The molecule has 0 amide bonds. The van der Waals surface area contributed by atoms with E-state index in [1.165, 1.54) is 12.3 Å². The van der Waals surface area contributed by atoms with E-state index in [-0.39, 0.29) is 12.4 Å². The minimum Gasteiger partial charge on any atom is -0.394 e. The number of rotatable bonds is 5. The summed E-state index contributed by atoms with van der Waals surface area (Å²) in [5.74, 6) is -1.50. The molecule has 0 bridgehead atoms. The Labute approximate surface area is 161 Å². The molecule has 1 unspecified atom stereocenters. The monoisotopic (exact) mass is 427 g/mol. The Hall–Kier alpha value is -1.41. The molecule has 1 saturated heterocycles. The summed E-state index contributed by atoms with van der Waals surface area (Å²) in [4.78, 5) is 32.0. The molecule has 5 atom stereocenters. The van der Waals surface area contributed by atoms with Gasteiger partial charge in [-0.25, -0.2) is 4.79 Å². The predicted molar refractivity (Wildman–Crippen MR) is 96.9 cm³/mol. The smallest absolute Gasteiger partial charge is 0.359 e. The number of nitrogen functional groups attached to an aromatic ring is 1. The lowest BCUT2D eigenvalue weighted by Crippen LogP contribution is -2.41. The second-order valence-electron chi connectivity index (χ2n) is 7.31. The van der Waals surface area contributed by atoms with E-state index in [9.17, 15) is 19.6 Å². The van der Waals surface area contributed by atoms with E-state index < -0.39 is 50.3 Å². The van der Waals surface area contributed by atoms with Crippen LogP contribution in [0.25, 0.3) is 0 Å². The van der Waals surface area contributed by atoms with Gasteiger partial charge >= 0.3 is 13.3 Å². The van der Waals surface area contributed by atoms with Gasteiger partial charge in [-0.15, -0.1) is 0 Å². The van der Waals surface area contributed by atoms with Gasteiger partial charge in [0.25, 0.3) is 0 Å². The van der Waals surface area contributed by atoms with Crippen LogP contribution in [0.4, 0.5) is 5.82 Å². The van der Waals surface area contributed by atoms with Crippen LogP contribution < -0.4 is 11.4 Å². The fourth-order valence-electron chi connectivity index (χ4n) is 2.33. The van der Waals surface area contributed by atoms with Gasteiger partial charge in [0.15, 0.2) is 6.23 Å². The van der Waals surface area contributed by atoms with Gasteiger partial charge in [0, 0.05) is 6.20 Å². The number of hydrogen-bond donors (Lipinski definition) is 7. The molecule has 2 heterocycles. The van der Waals surface area contributed by atoms with Crippen molar-refractivity contribution < 1.29 is 44.0 Å². The standard InChI is InChI=1S/C9H13N3O5.C5H14NO4P/c10-5-1-2-12(9(16)11-5)8-7(15)6(14)4(3-13)17-8;1-6(2,3)4-5(7)11(8,9)10/h1-2,4,6-8,13-15H,3H2,(H2,10,11,16);5,7H,4H2,1-3H3,(H-,8,9,10)/p+1/t4-,6-,7-,8-;/m1./s1. The number of nitrogens with zero attached hydrogens (tertiary/aromatic N) is 3. The number of aliphatic hydroxyl groups excluding tert-OH is 4. The Morgan fingerprint density at radius 2 is 1.89 bits per heavy atom. The number of quaternary nitrogens is 1. The zero-order valence-corrected chi connectivity index (χ0v) is 16.6. The van der Waals surface area contributed by atoms with Gasteiger partial charge in [-0.3, -0.25) is 9.13 Å². The molecule has 0 aliphatic carbocycles. The third-order valence-electron chi connectivity index (χ3n) is 3.74. The average molecular weight is 427 g/mol. The molecule has 1 aromatic rings. The van der Waals surface area contributed by atoms with E-state index >= 15 is 0 Å². The van der Waals surface area contributed by atoms with Gasteiger partial charge in [-0.05, 0) is 6.07 Å². The third-order valence-corrected chi connectivity index (χ3v) is 4.68. The normalized spacial score (nSPS) is 26.5. The first-order chi connectivity index (χ1) is 12.7. The van der Waals surface area contributed by atoms with Gasteiger partial charge in [0.2, 0.25) is 5.85 Å². The maximum absolute atomic E-state index is 11.5. The van der Waals surface area contributed by atoms with Crippen LogP contribution in [0.15, 0.2) is 17.1 Å². The molecule has 1 fully saturated rings. The highest BCUT2D eigenvalue weighted by molar-refractivity contribution is 7.52. The van der Waals surface area contributed by atoms with Crippen molar-refractivity contribution >= 4 is 13.4 Å². The van der Waals surface area contributed by atoms with Crippen molar-refractivity contribution in [1.29, 1.82) is 0 Å². The van der Waals surface area contributed by atoms with Crippen LogP contribution in [-0.2, 0) is 9.30 Å². The molecule has 1 aromatic heterocycles. The van der Waals surface area contributed by atoms with Crippen LogP contribution in [0.5, 0.6) is 0 Å². The average Bonchev–Trinajstić information content (AvgIpc) is 2.81. The van der Waals surface area contributed by atoms with Crippen LogP contribution in [0, 0.1) is 0 Å². The quantitative estimate of drug-likeness (QED) is 0.182. The van der Waals surface area contributed by atoms with Crippen LogP contribution in [0.1, 0.15) is 6.23 Å². The third kappa shape index (κ3) is 6.88. The molecular weight excluding hydrogens is 399 g/mol. The Morgan fingerprint density at radius 3 is 2.25 bits per heavy atom. The molecule has 1 aliphatic rings. The Bertz CT molecular complexity index is 747. The summed E-state index contributed by atoms with van der Waals surface area (Å²) in [5, 5.41) is 37.1. The first-order valence-corrected chi connectivity index (χ1v) is 9.86. The Balaban J connectivity index is 0.000000311. The van der Waals surface area contributed by atoms with Crippen molar-refractivity contribution in [3.05, 3.63) is 22.7 Å². The fraction of sp³-hybridized carbons (Fsp3) is 0.714. The van der Waals surface area contributed by atoms with Gasteiger partial charge < -0.3 is 45.2 Å². The molecule has 0 radical (unpaired) electrons. The van der Waals surface area contributed by atoms with Crippen molar-refractivity contribution in [2.24, 2.45) is 0 Å². The number of anilines is 1. The van der Waals surface area contributed by atoms with E-state index in [0.717, 1.165) is 4.57 Å². The van der Waals surface area contributed by atoms with Crippen molar-refractivity contribution in [1.82, 2.24) is 9.55 Å². The Morgan fingerprint density at radius 1 is 1.32 bits per heavy atom. The molecule has 162 valence electrons. The lowest BCUT2D eigenvalue weighted by Gasteiger charge is -2.26. The second kappa shape index (κ2) is 9.39. The highest BCUT2D eigenvalue weighted by atomic mass is 31.2. The predicted octanol–water partition coefficient (Wildman–Crippen LogP) is -3.37. The second-order valence-corrected chi connectivity index (χ2v) is 9.09. The lowest BCUT2D eigenvalue weighted by atomic mass is 10.1. The highest BCUT2D eigenvalue weighted by Crippen LogP contribution is 2.39. The van der Waals surface area contributed by atoms with Gasteiger partial charge in [-0.2, -0.15) is 4.98 Å². The van der Waals surface area contributed by atoms with E-state index in [0.29, 0.717) is 4.48 Å². The van der Waals surface area contributed by atoms with Crippen LogP contribution in [-0.4, -0.2) is 103 Å². The summed E-state index contributed by atoms with van der Waals surface area (Å²) >= 11 is 0. The zero-order valence-electron chi connectivity index (χ0n) is 15.7. The van der Waals surface area contributed by atoms with E-state index in [4.69, 9.17) is 30.5 Å². The van der Waals surface area contributed by atoms with Crippen LogP contribution in [0.3, 0.4) is 0 Å².